The lowest BCUT2D eigenvalue weighted by molar-refractivity contribution is -0.140. The maximum Gasteiger partial charge on any atom is 0.327 e. The molecule has 0 spiro atoms. The molecule has 6 heteroatoms. The molecule has 0 fully saturated rings. The highest BCUT2D eigenvalue weighted by molar-refractivity contribution is 7.81. The first kappa shape index (κ1) is 9.73. The molecule has 0 radical (unpaired) electrons. The fourth-order valence-electron chi connectivity index (χ4n) is 0.471. The zero-order valence-electron chi connectivity index (χ0n) is 7.48. The van der Waals surface area contributed by atoms with E-state index in [2.05, 4.69) is 35.7 Å². The van der Waals surface area contributed by atoms with E-state index in [0.29, 0.717) is 0 Å². The topological polar surface area (TPSA) is 66.4 Å². The lowest BCUT2D eigenvalue weighted by Crippen LogP contribution is -2.44. The lowest BCUT2D eigenvalue weighted by atomic mass is 10.3. The Morgan fingerprint density at radius 3 is 2.67 bits per heavy atom. The number of carbonyl (C=O) groups is 2. The molecule has 0 aliphatic heterocycles. The first-order valence-corrected chi connectivity index (χ1v) is 4.44. The van der Waals surface area contributed by atoms with Gasteiger partial charge in [0.1, 0.15) is 6.04 Å². The maximum atomic E-state index is 11.0. The Morgan fingerprint density at radius 1 is 1.75 bits per heavy atom. The van der Waals surface area contributed by atoms with Crippen LogP contribution in [0.4, 0.5) is 0 Å². The van der Waals surface area contributed by atoms with Crippen molar-refractivity contribution >= 4 is 37.1 Å². The molecule has 1 unspecified atom stereocenters. The normalized spacial score (nSPS) is 15.8. The zero-order chi connectivity index (χ0) is 10.4. The van der Waals surface area contributed by atoms with Gasteiger partial charge in [0.25, 0.3) is 1.43 Å². The van der Waals surface area contributed by atoms with Gasteiger partial charge in [-0.3, -0.25) is 4.79 Å². The molecule has 0 aliphatic carbocycles. The molecule has 4 nitrogen and oxygen atoms in total. The van der Waals surface area contributed by atoms with Crippen LogP contribution in [0.3, 0.4) is 0 Å². The van der Waals surface area contributed by atoms with E-state index in [0.717, 1.165) is 0 Å². The third-order valence-corrected chi connectivity index (χ3v) is 1.76. The van der Waals surface area contributed by atoms with Crippen LogP contribution in [0.15, 0.2) is 0 Å². The van der Waals surface area contributed by atoms with Gasteiger partial charge in [0.2, 0.25) is 5.91 Å². The highest BCUT2D eigenvalue weighted by Gasteiger charge is 2.19. The minimum absolute atomic E-state index is 0.0873. The van der Waals surface area contributed by atoms with Gasteiger partial charge in [-0.25, -0.2) is 4.79 Å². The predicted octanol–water partition coefficient (Wildman–Crippen LogP) is -0.196. The number of carbonyl (C=O) groups excluding carboxylic acids is 1. The van der Waals surface area contributed by atoms with Crippen LogP contribution >= 0.6 is 25.3 Å². The molecule has 0 aromatic heterocycles. The van der Waals surface area contributed by atoms with Gasteiger partial charge in [-0.15, -0.1) is 0 Å². The minimum atomic E-state index is -0.886. The monoisotopic (exact) mass is 210 g/mol. The number of hydrogen-bond donors (Lipinski definition) is 4. The van der Waals surface area contributed by atoms with E-state index in [-0.39, 0.29) is 5.75 Å². The highest BCUT2D eigenvalue weighted by Crippen LogP contribution is 1.95. The predicted molar refractivity (Wildman–Crippen MR) is 51.9 cm³/mol. The average Bonchev–Trinajstić information content (AvgIpc) is 2.12. The van der Waals surface area contributed by atoms with Crippen molar-refractivity contribution < 1.29 is 14.7 Å². The summed E-state index contributed by atoms with van der Waals surface area (Å²) in [6.07, 6.45) is 0. The van der Waals surface area contributed by atoms with Gasteiger partial charge in [-0.2, -0.15) is 25.3 Å². The Bertz CT molecular complexity index is 200. The van der Waals surface area contributed by atoms with Crippen LogP contribution in [0.25, 0.3) is 1.43 Å². The van der Waals surface area contributed by atoms with Crippen LogP contribution in [0, 0.1) is 0 Å². The van der Waals surface area contributed by atoms with Crippen LogP contribution in [0.2, 0.25) is 0 Å². The first-order chi connectivity index (χ1) is 6.02. The number of carboxylic acid groups (broad SMARTS) is 1. The van der Waals surface area contributed by atoms with Crippen LogP contribution in [0.5, 0.6) is 0 Å². The van der Waals surface area contributed by atoms with E-state index in [1.165, 1.54) is 0 Å². The molecule has 0 saturated heterocycles. The Morgan fingerprint density at radius 2 is 2.33 bits per heavy atom. The number of hydrogen-bond acceptors (Lipinski definition) is 5. The zero-order valence-corrected chi connectivity index (χ0v) is 8.27. The van der Waals surface area contributed by atoms with Crippen molar-refractivity contribution in [1.29, 1.82) is 1.43 Å². The second-order valence-electron chi connectivity index (χ2n) is 2.24. The molecule has 2 atom stereocenters. The van der Waals surface area contributed by atoms with Gasteiger partial charge < -0.3 is 10.4 Å². The van der Waals surface area contributed by atoms with Gasteiger partial charge in [0.05, 0.1) is 5.25 Å². The highest BCUT2D eigenvalue weighted by atomic mass is 32.1. The Balaban J connectivity index is 4.13. The van der Waals surface area contributed by atoms with Gasteiger partial charge >= 0.3 is 5.97 Å². The van der Waals surface area contributed by atoms with E-state index in [1.807, 2.05) is 0 Å². The molecule has 0 aromatic carbocycles. The molecule has 0 bridgehead atoms. The Kier molecular flexibility index (Phi) is 4.31. The van der Waals surface area contributed by atoms with Crippen LogP contribution < -0.4 is 5.32 Å². The van der Waals surface area contributed by atoms with Gasteiger partial charge in [0.15, 0.2) is 0 Å². The van der Waals surface area contributed by atoms with Gasteiger partial charge in [0, 0.05) is 5.75 Å². The van der Waals surface area contributed by atoms with Crippen LogP contribution in [-0.4, -0.2) is 34.0 Å². The molecule has 1 amide bonds. The maximum absolute atomic E-state index is 11.0. The molecule has 2 N–H and O–H groups in total. The summed E-state index contributed by atoms with van der Waals surface area (Å²) in [6, 6.07) is -0.886. The van der Waals surface area contributed by atoms with E-state index in [9.17, 15) is 9.59 Å². The van der Waals surface area contributed by atoms with Crippen molar-refractivity contribution in [3.8, 4) is 0 Å². The van der Waals surface area contributed by atoms with Crippen molar-refractivity contribution in [3.63, 3.8) is 0 Å². The second-order valence-corrected chi connectivity index (χ2v) is 3.38. The van der Waals surface area contributed by atoms with Gasteiger partial charge in [-0.05, 0) is 6.92 Å². The Labute approximate surface area is 83.0 Å². The Hall–Kier alpha value is -0.360. The fourth-order valence-corrected chi connectivity index (χ4v) is 0.786. The SMILES string of the molecule is [2H]OC(=O)[C@H](CS)NC(=O)C(C)S. The summed E-state index contributed by atoms with van der Waals surface area (Å²) >= 11 is 7.70. The van der Waals surface area contributed by atoms with E-state index in [1.54, 1.807) is 6.92 Å². The number of amides is 1. The van der Waals surface area contributed by atoms with E-state index in [4.69, 9.17) is 1.43 Å². The number of rotatable bonds is 4. The van der Waals surface area contributed by atoms with Crippen molar-refractivity contribution in [2.24, 2.45) is 0 Å². The summed E-state index contributed by atoms with van der Waals surface area (Å²) in [6.45, 7) is 1.57. The minimum Gasteiger partial charge on any atom is -0.480 e. The van der Waals surface area contributed by atoms with Crippen molar-refractivity contribution in [2.75, 3.05) is 5.75 Å². The van der Waals surface area contributed by atoms with E-state index >= 15 is 0 Å². The number of nitrogens with one attached hydrogen (secondary N) is 1. The van der Waals surface area contributed by atoms with Crippen molar-refractivity contribution in [3.05, 3.63) is 0 Å². The molecule has 0 aliphatic rings. The fraction of sp³-hybridized carbons (Fsp3) is 0.667. The van der Waals surface area contributed by atoms with Crippen molar-refractivity contribution in [2.45, 2.75) is 18.2 Å². The summed E-state index contributed by atoms with van der Waals surface area (Å²) in [4.78, 5) is 21.8. The molecule has 0 heterocycles. The lowest BCUT2D eigenvalue weighted by Gasteiger charge is -2.12. The van der Waals surface area contributed by atoms with Crippen LogP contribution in [-0.2, 0) is 9.59 Å². The molecule has 12 heavy (non-hydrogen) atoms. The molecule has 70 valence electrons. The summed E-state index contributed by atoms with van der Waals surface area (Å²) < 4.78 is 6.34. The molecule has 0 rings (SSSR count). The third kappa shape index (κ3) is 3.87. The molecule has 0 aromatic rings. The quantitative estimate of drug-likeness (QED) is 0.486. The largest absolute Gasteiger partial charge is 0.480 e. The summed E-state index contributed by atoms with van der Waals surface area (Å²) in [7, 11) is 0. The summed E-state index contributed by atoms with van der Waals surface area (Å²) in [5, 5.41) is 5.52. The molecule has 0 saturated carbocycles. The average molecular weight is 210 g/mol. The van der Waals surface area contributed by atoms with Gasteiger partial charge in [-0.1, -0.05) is 0 Å². The van der Waals surface area contributed by atoms with Crippen molar-refractivity contribution in [1.82, 2.24) is 5.32 Å². The number of carboxylic acids is 1. The number of thiol groups is 2. The smallest absolute Gasteiger partial charge is 0.327 e. The second kappa shape index (κ2) is 5.31. The first-order valence-electron chi connectivity index (χ1n) is 3.70. The number of aliphatic carboxylic acids is 1. The molecular formula is C6H11NO3S2. The summed E-state index contributed by atoms with van der Waals surface area (Å²) in [5.41, 5.74) is 0. The molecular weight excluding hydrogens is 198 g/mol. The third-order valence-electron chi connectivity index (χ3n) is 1.16. The van der Waals surface area contributed by atoms with Crippen LogP contribution in [0.1, 0.15) is 6.92 Å². The standard InChI is InChI=1S/C6H11NO3S2/c1-3(12)5(8)7-4(2-11)6(9)10/h3-4,11-12H,2H2,1H3,(H,7,8)(H,9,10)/t3?,4-/m0/s1/i/hD. The summed E-state index contributed by atoms with van der Waals surface area (Å²) in [5.74, 6) is -1.14. The van der Waals surface area contributed by atoms with E-state index < -0.39 is 23.2 Å².